The summed E-state index contributed by atoms with van der Waals surface area (Å²) in [4.78, 5) is 50.7. The van der Waals surface area contributed by atoms with Gasteiger partial charge in [-0.3, -0.25) is 19.3 Å². The summed E-state index contributed by atoms with van der Waals surface area (Å²) >= 11 is 3.38. The molecule has 1 atom stereocenters. The van der Waals surface area contributed by atoms with Gasteiger partial charge < -0.3 is 10.1 Å². The minimum atomic E-state index is -1.26. The number of imide groups is 1. The van der Waals surface area contributed by atoms with Crippen LogP contribution in [0.15, 0.2) is 58.7 Å². The number of Topliss-reactive ketones (excluding diaryl/α,β-unsaturated/α-hetero) is 1. The molecule has 2 aliphatic rings. The van der Waals surface area contributed by atoms with Crippen molar-refractivity contribution >= 4 is 45.7 Å². The van der Waals surface area contributed by atoms with E-state index in [-0.39, 0.29) is 23.6 Å². The average Bonchev–Trinajstić information content (AvgIpc) is 2.94. The molecule has 4 rings (SSSR count). The number of para-hydroxylation sites is 1. The molecule has 1 unspecified atom stereocenters. The molecule has 1 N–H and O–H groups in total. The molecule has 0 radical (unpaired) electrons. The lowest BCUT2D eigenvalue weighted by Gasteiger charge is -2.24. The van der Waals surface area contributed by atoms with Gasteiger partial charge in [-0.2, -0.15) is 0 Å². The zero-order valence-electron chi connectivity index (χ0n) is 14.3. The third kappa shape index (κ3) is 3.11. The molecular weight excluding hydrogens is 428 g/mol. The summed E-state index contributed by atoms with van der Waals surface area (Å²) in [5.74, 6) is -2.95. The molecule has 0 aliphatic carbocycles. The monoisotopic (exact) mass is 440 g/mol. The van der Waals surface area contributed by atoms with Gasteiger partial charge in [0.15, 0.2) is 5.78 Å². The molecule has 28 heavy (non-hydrogen) atoms. The van der Waals surface area contributed by atoms with Crippen LogP contribution in [0.4, 0.5) is 4.79 Å². The lowest BCUT2D eigenvalue weighted by molar-refractivity contribution is -0.138. The fourth-order valence-corrected chi connectivity index (χ4v) is 3.46. The zero-order chi connectivity index (χ0) is 19.8. The van der Waals surface area contributed by atoms with E-state index in [0.717, 1.165) is 9.37 Å². The molecular formula is C20H13BrN2O5. The molecule has 140 valence electrons. The fraction of sp³-hybridized carbons (Fsp3) is 0.100. The van der Waals surface area contributed by atoms with Gasteiger partial charge in [-0.05, 0) is 29.8 Å². The maximum Gasteiger partial charge on any atom is 0.329 e. The number of benzene rings is 2. The van der Waals surface area contributed by atoms with E-state index in [2.05, 4.69) is 21.2 Å². The normalized spacial score (nSPS) is 20.2. The lowest BCUT2D eigenvalue weighted by atomic mass is 9.94. The maximum absolute atomic E-state index is 12.7. The molecule has 0 bridgehead atoms. The Morgan fingerprint density at radius 1 is 1.04 bits per heavy atom. The minimum absolute atomic E-state index is 0.0638. The topological polar surface area (TPSA) is 92.8 Å². The number of fused-ring (bicyclic) bond motifs is 1. The minimum Gasteiger partial charge on any atom is -0.425 e. The van der Waals surface area contributed by atoms with E-state index in [1.807, 2.05) is 6.07 Å². The van der Waals surface area contributed by atoms with Gasteiger partial charge in [0.2, 0.25) is 0 Å². The smallest absolute Gasteiger partial charge is 0.329 e. The molecule has 0 spiro atoms. The average molecular weight is 441 g/mol. The van der Waals surface area contributed by atoms with E-state index in [0.29, 0.717) is 5.56 Å². The predicted octanol–water partition coefficient (Wildman–Crippen LogP) is 2.76. The number of halogens is 1. The molecule has 1 fully saturated rings. The van der Waals surface area contributed by atoms with Crippen molar-refractivity contribution in [3.63, 3.8) is 0 Å². The summed E-state index contributed by atoms with van der Waals surface area (Å²) in [7, 11) is 0. The van der Waals surface area contributed by atoms with Crippen LogP contribution in [0.2, 0.25) is 0 Å². The van der Waals surface area contributed by atoms with Crippen LogP contribution in [-0.4, -0.2) is 35.1 Å². The summed E-state index contributed by atoms with van der Waals surface area (Å²) < 4.78 is 5.94. The molecule has 7 nitrogen and oxygen atoms in total. The standard InChI is InChI=1S/C20H13BrN2O5/c21-14-7-3-1-5-11(14)9-15-18(25)23(20(27)22-15)10-13-17(24)12-6-2-4-8-16(12)28-19(13)26/h1-9,13H,10H2,(H,22,27)/b15-9-. The largest absolute Gasteiger partial charge is 0.425 e. The van der Waals surface area contributed by atoms with Gasteiger partial charge in [-0.1, -0.05) is 46.3 Å². The Balaban J connectivity index is 1.58. The third-order valence-corrected chi connectivity index (χ3v) is 5.22. The van der Waals surface area contributed by atoms with Crippen LogP contribution in [0.3, 0.4) is 0 Å². The van der Waals surface area contributed by atoms with Gasteiger partial charge in [0, 0.05) is 4.47 Å². The molecule has 8 heteroatoms. The Labute approximate surface area is 168 Å². The second-order valence-corrected chi connectivity index (χ2v) is 7.11. The number of rotatable bonds is 3. The van der Waals surface area contributed by atoms with Crippen LogP contribution in [0, 0.1) is 5.92 Å². The van der Waals surface area contributed by atoms with E-state index < -0.39 is 29.6 Å². The van der Waals surface area contributed by atoms with E-state index >= 15 is 0 Å². The molecule has 0 aromatic heterocycles. The van der Waals surface area contributed by atoms with Crippen molar-refractivity contribution in [1.82, 2.24) is 10.2 Å². The first-order valence-electron chi connectivity index (χ1n) is 8.39. The first-order chi connectivity index (χ1) is 13.5. The number of ketones is 1. The van der Waals surface area contributed by atoms with E-state index in [1.54, 1.807) is 36.4 Å². The first-order valence-corrected chi connectivity index (χ1v) is 9.19. The van der Waals surface area contributed by atoms with Crippen molar-refractivity contribution in [2.45, 2.75) is 0 Å². The SMILES string of the molecule is O=C1Oc2ccccc2C(=O)C1CN1C(=O)N/C(=C\c2ccccc2Br)C1=O. The number of amides is 3. The van der Waals surface area contributed by atoms with Gasteiger partial charge >= 0.3 is 12.0 Å². The van der Waals surface area contributed by atoms with E-state index in [4.69, 9.17) is 4.74 Å². The van der Waals surface area contributed by atoms with E-state index in [1.165, 1.54) is 12.1 Å². The van der Waals surface area contributed by atoms with Gasteiger partial charge in [0.05, 0.1) is 12.1 Å². The van der Waals surface area contributed by atoms with Gasteiger partial charge in [0.25, 0.3) is 5.91 Å². The fourth-order valence-electron chi connectivity index (χ4n) is 3.06. The van der Waals surface area contributed by atoms with Crippen molar-refractivity contribution in [3.8, 4) is 5.75 Å². The highest BCUT2D eigenvalue weighted by Gasteiger charge is 2.42. The number of ether oxygens (including phenoxy) is 1. The van der Waals surface area contributed by atoms with Gasteiger partial charge in [-0.15, -0.1) is 0 Å². The van der Waals surface area contributed by atoms with E-state index in [9.17, 15) is 19.2 Å². The zero-order valence-corrected chi connectivity index (χ0v) is 15.9. The first kappa shape index (κ1) is 18.1. The Bertz CT molecular complexity index is 1060. The number of hydrogen-bond donors (Lipinski definition) is 1. The van der Waals surface area contributed by atoms with Crippen LogP contribution >= 0.6 is 15.9 Å². The van der Waals surface area contributed by atoms with Crippen LogP contribution in [0.1, 0.15) is 15.9 Å². The predicted molar refractivity (Wildman–Crippen MR) is 102 cm³/mol. The number of carbonyl (C=O) groups excluding carboxylic acids is 4. The highest BCUT2D eigenvalue weighted by Crippen LogP contribution is 2.29. The van der Waals surface area contributed by atoms with Crippen molar-refractivity contribution in [3.05, 3.63) is 69.8 Å². The molecule has 2 aromatic carbocycles. The highest BCUT2D eigenvalue weighted by atomic mass is 79.9. The maximum atomic E-state index is 12.7. The molecule has 2 heterocycles. The lowest BCUT2D eigenvalue weighted by Crippen LogP contribution is -2.44. The number of carbonyl (C=O) groups is 4. The molecule has 3 amide bonds. The summed E-state index contributed by atoms with van der Waals surface area (Å²) in [6.07, 6.45) is 1.53. The Morgan fingerprint density at radius 3 is 2.54 bits per heavy atom. The van der Waals surface area contributed by atoms with Crippen molar-refractivity contribution in [1.29, 1.82) is 0 Å². The van der Waals surface area contributed by atoms with Gasteiger partial charge in [-0.25, -0.2) is 4.79 Å². The highest BCUT2D eigenvalue weighted by molar-refractivity contribution is 9.10. The summed E-state index contributed by atoms with van der Waals surface area (Å²) in [6, 6.07) is 12.9. The number of hydrogen-bond acceptors (Lipinski definition) is 5. The molecule has 2 aliphatic heterocycles. The summed E-state index contributed by atoms with van der Waals surface area (Å²) in [5, 5.41) is 2.48. The van der Waals surface area contributed by atoms with Crippen molar-refractivity contribution in [2.24, 2.45) is 5.92 Å². The van der Waals surface area contributed by atoms with Gasteiger partial charge in [0.1, 0.15) is 17.4 Å². The quantitative estimate of drug-likeness (QED) is 0.260. The third-order valence-electron chi connectivity index (χ3n) is 4.50. The number of nitrogens with zero attached hydrogens (tertiary/aromatic N) is 1. The molecule has 1 saturated heterocycles. The second-order valence-electron chi connectivity index (χ2n) is 6.26. The summed E-state index contributed by atoms with van der Waals surface area (Å²) in [5.41, 5.74) is 1.02. The van der Waals surface area contributed by atoms with Crippen molar-refractivity contribution < 1.29 is 23.9 Å². The van der Waals surface area contributed by atoms with Crippen LogP contribution < -0.4 is 10.1 Å². The Hall–Kier alpha value is -3.26. The Morgan fingerprint density at radius 2 is 1.75 bits per heavy atom. The number of urea groups is 1. The van der Waals surface area contributed by atoms with Crippen LogP contribution in [-0.2, 0) is 9.59 Å². The van der Waals surface area contributed by atoms with Crippen LogP contribution in [0.25, 0.3) is 6.08 Å². The molecule has 0 saturated carbocycles. The summed E-state index contributed by atoms with van der Waals surface area (Å²) in [6.45, 7) is -0.385. The van der Waals surface area contributed by atoms with Crippen LogP contribution in [0.5, 0.6) is 5.75 Å². The second kappa shape index (κ2) is 7.05. The van der Waals surface area contributed by atoms with Crippen molar-refractivity contribution in [2.75, 3.05) is 6.54 Å². The number of esters is 1. The number of nitrogens with one attached hydrogen (secondary N) is 1. The Kier molecular flexibility index (Phi) is 4.56. The molecule has 2 aromatic rings.